The molecule has 0 radical (unpaired) electrons. The maximum Gasteiger partial charge on any atom is 0.256 e. The minimum absolute atomic E-state index is 0.152. The molecule has 0 heterocycles. The molecule has 0 atom stereocenters. The van der Waals surface area contributed by atoms with E-state index in [1.54, 1.807) is 24.1 Å². The average Bonchev–Trinajstić information content (AvgIpc) is 2.29. The Morgan fingerprint density at radius 1 is 1.50 bits per heavy atom. The summed E-state index contributed by atoms with van der Waals surface area (Å²) in [5.41, 5.74) is 1.04. The van der Waals surface area contributed by atoms with Crippen molar-refractivity contribution in [1.29, 1.82) is 0 Å². The molecule has 1 aromatic rings. The molecule has 1 fully saturated rings. The number of hydrogen-bond donors (Lipinski definition) is 0. The van der Waals surface area contributed by atoms with Crippen LogP contribution in [0.25, 0.3) is 0 Å². The van der Waals surface area contributed by atoms with Crippen LogP contribution >= 0.6 is 11.6 Å². The van der Waals surface area contributed by atoms with Crippen LogP contribution in [-0.4, -0.2) is 29.8 Å². The zero-order valence-corrected chi connectivity index (χ0v) is 11.4. The maximum absolute atomic E-state index is 13.6. The molecule has 1 aliphatic rings. The summed E-state index contributed by atoms with van der Waals surface area (Å²) in [5, 5.41) is 0.245. The number of aryl methyl sites for hydroxylation is 1. The van der Waals surface area contributed by atoms with Crippen LogP contribution in [0.1, 0.15) is 28.8 Å². The summed E-state index contributed by atoms with van der Waals surface area (Å²) in [4.78, 5) is 13.7. The lowest BCUT2D eigenvalue weighted by Gasteiger charge is -2.34. The number of carbonyl (C=O) groups excluding carboxylic acids is 1. The lowest BCUT2D eigenvalue weighted by atomic mass is 9.84. The zero-order valence-electron chi connectivity index (χ0n) is 10.6. The van der Waals surface area contributed by atoms with Gasteiger partial charge in [-0.2, -0.15) is 0 Å². The van der Waals surface area contributed by atoms with Crippen molar-refractivity contribution in [1.82, 2.24) is 4.90 Å². The van der Waals surface area contributed by atoms with Gasteiger partial charge in [0.15, 0.2) is 0 Å². The van der Waals surface area contributed by atoms with E-state index in [2.05, 4.69) is 0 Å². The van der Waals surface area contributed by atoms with E-state index in [0.717, 1.165) is 18.4 Å². The van der Waals surface area contributed by atoms with Gasteiger partial charge >= 0.3 is 0 Å². The highest BCUT2D eigenvalue weighted by Gasteiger charge is 2.29. The largest absolute Gasteiger partial charge is 0.341 e. The fourth-order valence-electron chi connectivity index (χ4n) is 2.28. The molecule has 0 unspecified atom stereocenters. The van der Waals surface area contributed by atoms with Crippen LogP contribution in [0.4, 0.5) is 4.39 Å². The van der Waals surface area contributed by atoms with E-state index in [9.17, 15) is 9.18 Å². The van der Waals surface area contributed by atoms with Crippen molar-refractivity contribution in [2.45, 2.75) is 25.1 Å². The van der Waals surface area contributed by atoms with E-state index in [4.69, 9.17) is 11.6 Å². The Morgan fingerprint density at radius 2 is 2.17 bits per heavy atom. The topological polar surface area (TPSA) is 20.3 Å². The van der Waals surface area contributed by atoms with Crippen LogP contribution in [-0.2, 0) is 0 Å². The van der Waals surface area contributed by atoms with Gasteiger partial charge in [0.25, 0.3) is 5.91 Å². The van der Waals surface area contributed by atoms with Crippen molar-refractivity contribution in [2.24, 2.45) is 5.92 Å². The molecule has 0 aromatic heterocycles. The van der Waals surface area contributed by atoms with Crippen LogP contribution < -0.4 is 0 Å². The number of alkyl halides is 1. The number of rotatable bonds is 3. The first-order chi connectivity index (χ1) is 8.47. The van der Waals surface area contributed by atoms with Gasteiger partial charge in [-0.1, -0.05) is 11.6 Å². The van der Waals surface area contributed by atoms with E-state index in [1.807, 2.05) is 6.92 Å². The molecule has 2 nitrogen and oxygen atoms in total. The van der Waals surface area contributed by atoms with Gasteiger partial charge in [-0.05, 0) is 37.8 Å². The second-order valence-corrected chi connectivity index (χ2v) is 5.72. The van der Waals surface area contributed by atoms with Crippen LogP contribution in [0.2, 0.25) is 0 Å². The number of nitrogens with zero attached hydrogens (tertiary/aromatic N) is 1. The predicted octanol–water partition coefficient (Wildman–Crippen LogP) is 3.22. The van der Waals surface area contributed by atoms with Crippen molar-refractivity contribution in [3.8, 4) is 0 Å². The minimum atomic E-state index is -0.457. The summed E-state index contributed by atoms with van der Waals surface area (Å²) in [5.74, 6) is -0.259. The van der Waals surface area contributed by atoms with Gasteiger partial charge in [0.05, 0.1) is 5.56 Å². The maximum atomic E-state index is 13.6. The van der Waals surface area contributed by atoms with E-state index in [1.165, 1.54) is 6.07 Å². The number of carbonyl (C=O) groups is 1. The lowest BCUT2D eigenvalue weighted by molar-refractivity contribution is 0.0742. The quantitative estimate of drug-likeness (QED) is 0.772. The van der Waals surface area contributed by atoms with Crippen LogP contribution in [0.15, 0.2) is 18.2 Å². The van der Waals surface area contributed by atoms with Crippen molar-refractivity contribution in [3.63, 3.8) is 0 Å². The summed E-state index contributed by atoms with van der Waals surface area (Å²) in [6, 6.07) is 4.60. The Labute approximate surface area is 112 Å². The van der Waals surface area contributed by atoms with Crippen molar-refractivity contribution in [3.05, 3.63) is 35.1 Å². The Balaban J connectivity index is 2.03. The number of amides is 1. The van der Waals surface area contributed by atoms with Gasteiger partial charge < -0.3 is 4.90 Å². The third kappa shape index (κ3) is 2.83. The molecular weight excluding hydrogens is 253 g/mol. The fraction of sp³-hybridized carbons (Fsp3) is 0.500. The first kappa shape index (κ1) is 13.3. The van der Waals surface area contributed by atoms with Gasteiger partial charge in [0, 0.05) is 19.0 Å². The second kappa shape index (κ2) is 5.27. The first-order valence-electron chi connectivity index (χ1n) is 6.13. The molecule has 1 aliphatic carbocycles. The van der Waals surface area contributed by atoms with Crippen molar-refractivity contribution < 1.29 is 9.18 Å². The molecule has 0 spiro atoms. The summed E-state index contributed by atoms with van der Waals surface area (Å²) in [7, 11) is 1.71. The summed E-state index contributed by atoms with van der Waals surface area (Å²) in [6.07, 6.45) is 1.88. The van der Waals surface area contributed by atoms with E-state index in [-0.39, 0.29) is 16.8 Å². The van der Waals surface area contributed by atoms with Crippen molar-refractivity contribution >= 4 is 17.5 Å². The van der Waals surface area contributed by atoms with Gasteiger partial charge in [-0.3, -0.25) is 4.79 Å². The Morgan fingerprint density at radius 3 is 2.78 bits per heavy atom. The highest BCUT2D eigenvalue weighted by molar-refractivity contribution is 6.21. The zero-order chi connectivity index (χ0) is 13.3. The van der Waals surface area contributed by atoms with E-state index < -0.39 is 5.82 Å². The number of benzene rings is 1. The fourth-order valence-corrected chi connectivity index (χ4v) is 2.79. The number of halogens is 2. The summed E-state index contributed by atoms with van der Waals surface area (Å²) >= 11 is 5.91. The molecular formula is C14H17ClFNO. The first-order valence-corrected chi connectivity index (χ1v) is 6.56. The third-order valence-corrected chi connectivity index (χ3v) is 3.77. The molecule has 0 bridgehead atoms. The molecule has 1 amide bonds. The Kier molecular flexibility index (Phi) is 3.91. The molecule has 0 aliphatic heterocycles. The molecule has 1 saturated carbocycles. The summed E-state index contributed by atoms with van der Waals surface area (Å²) in [6.45, 7) is 2.50. The van der Waals surface area contributed by atoms with Crippen molar-refractivity contribution in [2.75, 3.05) is 13.6 Å². The van der Waals surface area contributed by atoms with E-state index >= 15 is 0 Å². The molecule has 0 saturated heterocycles. The monoisotopic (exact) mass is 269 g/mol. The molecule has 2 rings (SSSR count). The predicted molar refractivity (Wildman–Crippen MR) is 70.5 cm³/mol. The average molecular weight is 270 g/mol. The molecule has 4 heteroatoms. The summed E-state index contributed by atoms with van der Waals surface area (Å²) < 4.78 is 13.6. The third-order valence-electron chi connectivity index (χ3n) is 3.41. The highest BCUT2D eigenvalue weighted by Crippen LogP contribution is 2.32. The molecule has 1 aromatic carbocycles. The smallest absolute Gasteiger partial charge is 0.256 e. The minimum Gasteiger partial charge on any atom is -0.341 e. The van der Waals surface area contributed by atoms with Crippen LogP contribution in [0.5, 0.6) is 0 Å². The SMILES string of the molecule is Cc1ccc(F)c(C(=O)N(C)CC2CC(Cl)C2)c1. The molecule has 0 N–H and O–H groups in total. The van der Waals surface area contributed by atoms with E-state index in [0.29, 0.717) is 12.5 Å². The van der Waals surface area contributed by atoms with Gasteiger partial charge in [0.1, 0.15) is 5.82 Å². The Bertz CT molecular complexity index is 457. The molecule has 18 heavy (non-hydrogen) atoms. The van der Waals surface area contributed by atoms with Gasteiger partial charge in [-0.15, -0.1) is 11.6 Å². The number of hydrogen-bond acceptors (Lipinski definition) is 1. The second-order valence-electron chi connectivity index (χ2n) is 5.10. The Hall–Kier alpha value is -1.09. The van der Waals surface area contributed by atoms with Crippen LogP contribution in [0, 0.1) is 18.7 Å². The standard InChI is InChI=1S/C14H17ClFNO/c1-9-3-4-13(16)12(5-9)14(18)17(2)8-10-6-11(15)7-10/h3-5,10-11H,6-8H2,1-2H3. The lowest BCUT2D eigenvalue weighted by Crippen LogP contribution is -2.38. The normalized spacial score (nSPS) is 22.4. The van der Waals surface area contributed by atoms with Gasteiger partial charge in [0.2, 0.25) is 0 Å². The molecule has 98 valence electrons. The highest BCUT2D eigenvalue weighted by atomic mass is 35.5. The van der Waals surface area contributed by atoms with Crippen LogP contribution in [0.3, 0.4) is 0 Å². The van der Waals surface area contributed by atoms with Gasteiger partial charge in [-0.25, -0.2) is 4.39 Å².